The van der Waals surface area contributed by atoms with Gasteiger partial charge < -0.3 is 10.6 Å². The van der Waals surface area contributed by atoms with Crippen LogP contribution in [-0.2, 0) is 0 Å². The van der Waals surface area contributed by atoms with Crippen LogP contribution >= 0.6 is 0 Å². The molecule has 3 saturated carbocycles. The van der Waals surface area contributed by atoms with Crippen molar-refractivity contribution in [3.05, 3.63) is 0 Å². The number of nitrogens with two attached hydrogens (primary N) is 1. The van der Waals surface area contributed by atoms with Crippen LogP contribution in [0.15, 0.2) is 0 Å². The molecule has 2 bridgehead atoms. The van der Waals surface area contributed by atoms with Gasteiger partial charge in [-0.05, 0) is 61.7 Å². The maximum Gasteiger partial charge on any atom is 0.0111 e. The van der Waals surface area contributed by atoms with E-state index in [2.05, 4.69) is 4.90 Å². The summed E-state index contributed by atoms with van der Waals surface area (Å²) in [5, 5.41) is 0. The van der Waals surface area contributed by atoms with E-state index in [-0.39, 0.29) is 0 Å². The highest BCUT2D eigenvalue weighted by Crippen LogP contribution is 2.48. The first-order valence-electron chi connectivity index (χ1n) is 7.79. The summed E-state index contributed by atoms with van der Waals surface area (Å²) in [6, 6.07) is 0.536. The van der Waals surface area contributed by atoms with Gasteiger partial charge in [0.2, 0.25) is 0 Å². The van der Waals surface area contributed by atoms with Gasteiger partial charge in [0.05, 0.1) is 0 Å². The zero-order chi connectivity index (χ0) is 11.4. The van der Waals surface area contributed by atoms with Crippen molar-refractivity contribution < 1.29 is 0 Å². The Bertz CT molecular complexity index is 289. The van der Waals surface area contributed by atoms with E-state index in [4.69, 9.17) is 5.73 Å². The van der Waals surface area contributed by atoms with Gasteiger partial charge in [-0.1, -0.05) is 6.42 Å². The molecular weight excluding hydrogens is 208 g/mol. The van der Waals surface area contributed by atoms with Gasteiger partial charge in [-0.15, -0.1) is 0 Å². The summed E-state index contributed by atoms with van der Waals surface area (Å²) in [4.78, 5) is 2.76. The second-order valence-electron chi connectivity index (χ2n) is 7.24. The van der Waals surface area contributed by atoms with Crippen LogP contribution in [0.2, 0.25) is 0 Å². The highest BCUT2D eigenvalue weighted by atomic mass is 15.2. The minimum atomic E-state index is 0.536. The second-order valence-corrected chi connectivity index (χ2v) is 7.24. The smallest absolute Gasteiger partial charge is 0.0111 e. The van der Waals surface area contributed by atoms with Crippen LogP contribution < -0.4 is 5.73 Å². The molecular formula is C15H26N2. The van der Waals surface area contributed by atoms with Crippen molar-refractivity contribution >= 4 is 0 Å². The van der Waals surface area contributed by atoms with Crippen LogP contribution in [0.1, 0.15) is 38.5 Å². The number of rotatable bonds is 2. The van der Waals surface area contributed by atoms with Gasteiger partial charge in [0.15, 0.2) is 0 Å². The lowest BCUT2D eigenvalue weighted by atomic mass is 9.84. The quantitative estimate of drug-likeness (QED) is 0.793. The van der Waals surface area contributed by atoms with E-state index in [1.165, 1.54) is 58.2 Å². The van der Waals surface area contributed by atoms with Crippen molar-refractivity contribution in [1.29, 1.82) is 0 Å². The Hall–Kier alpha value is -0.0800. The van der Waals surface area contributed by atoms with Gasteiger partial charge in [-0.25, -0.2) is 0 Å². The average molecular weight is 234 g/mol. The summed E-state index contributed by atoms with van der Waals surface area (Å²) < 4.78 is 0. The Morgan fingerprint density at radius 2 is 1.59 bits per heavy atom. The largest absolute Gasteiger partial charge is 0.327 e. The third kappa shape index (κ3) is 1.67. The lowest BCUT2D eigenvalue weighted by Crippen LogP contribution is -2.42. The lowest BCUT2D eigenvalue weighted by Gasteiger charge is -2.32. The predicted molar refractivity (Wildman–Crippen MR) is 69.6 cm³/mol. The summed E-state index contributed by atoms with van der Waals surface area (Å²) in [5.41, 5.74) is 6.43. The molecule has 0 aromatic carbocycles. The normalized spacial score (nSPS) is 53.5. The van der Waals surface area contributed by atoms with Crippen molar-refractivity contribution in [3.8, 4) is 0 Å². The van der Waals surface area contributed by atoms with Crippen molar-refractivity contribution in [2.45, 2.75) is 44.6 Å². The van der Waals surface area contributed by atoms with E-state index in [1.807, 2.05) is 0 Å². The molecule has 0 radical (unpaired) electrons. The summed E-state index contributed by atoms with van der Waals surface area (Å²) in [6.45, 7) is 4.12. The fourth-order valence-electron chi connectivity index (χ4n) is 5.51. The molecule has 4 fully saturated rings. The number of hydrogen-bond donors (Lipinski definition) is 1. The first-order chi connectivity index (χ1) is 8.31. The molecule has 2 nitrogen and oxygen atoms in total. The highest BCUT2D eigenvalue weighted by molar-refractivity contribution is 5.01. The zero-order valence-electron chi connectivity index (χ0n) is 10.9. The summed E-state index contributed by atoms with van der Waals surface area (Å²) in [7, 11) is 0. The lowest BCUT2D eigenvalue weighted by molar-refractivity contribution is 0.190. The monoisotopic (exact) mass is 234 g/mol. The van der Waals surface area contributed by atoms with Crippen molar-refractivity contribution in [2.75, 3.05) is 19.6 Å². The maximum absolute atomic E-state index is 6.43. The number of likely N-dealkylation sites (tertiary alicyclic amines) is 1. The maximum atomic E-state index is 6.43. The summed E-state index contributed by atoms with van der Waals surface area (Å²) in [6.07, 6.45) is 8.86. The fraction of sp³-hybridized carbons (Fsp3) is 1.00. The Labute approximate surface area is 105 Å². The Balaban J connectivity index is 1.39. The average Bonchev–Trinajstić information content (AvgIpc) is 3.01. The van der Waals surface area contributed by atoms with E-state index in [1.54, 1.807) is 0 Å². The molecule has 96 valence electrons. The third-order valence-electron chi connectivity index (χ3n) is 6.43. The molecule has 0 amide bonds. The standard InChI is InChI=1S/C15H26N2/c16-15-11-5-4-10(6-11)14(15)9-17-7-12-2-1-3-13(12)8-17/h10-15H,1-9,16H2. The molecule has 4 aliphatic rings. The van der Waals surface area contributed by atoms with Gasteiger partial charge in [0.1, 0.15) is 0 Å². The third-order valence-corrected chi connectivity index (χ3v) is 6.43. The van der Waals surface area contributed by atoms with E-state index in [0.717, 1.165) is 29.6 Å². The SMILES string of the molecule is NC1C2CCC(C2)C1CN1CC2CCCC2C1. The molecule has 0 spiro atoms. The van der Waals surface area contributed by atoms with Gasteiger partial charge in [0, 0.05) is 25.7 Å². The number of hydrogen-bond acceptors (Lipinski definition) is 2. The van der Waals surface area contributed by atoms with Crippen molar-refractivity contribution in [2.24, 2.45) is 35.3 Å². The molecule has 6 unspecified atom stereocenters. The van der Waals surface area contributed by atoms with E-state index in [9.17, 15) is 0 Å². The molecule has 1 heterocycles. The van der Waals surface area contributed by atoms with Crippen LogP contribution in [0.5, 0.6) is 0 Å². The molecule has 2 heteroatoms. The van der Waals surface area contributed by atoms with Crippen LogP contribution in [0, 0.1) is 29.6 Å². The second kappa shape index (κ2) is 3.96. The minimum absolute atomic E-state index is 0.536. The number of nitrogens with zero attached hydrogens (tertiary/aromatic N) is 1. The van der Waals surface area contributed by atoms with Gasteiger partial charge in [-0.2, -0.15) is 0 Å². The molecule has 1 saturated heterocycles. The number of fused-ring (bicyclic) bond motifs is 3. The molecule has 0 aromatic heterocycles. The zero-order valence-corrected chi connectivity index (χ0v) is 10.9. The van der Waals surface area contributed by atoms with Crippen molar-refractivity contribution in [3.63, 3.8) is 0 Å². The molecule has 0 aromatic rings. The molecule has 17 heavy (non-hydrogen) atoms. The summed E-state index contributed by atoms with van der Waals surface area (Å²) in [5.74, 6) is 4.80. The van der Waals surface area contributed by atoms with Gasteiger partial charge >= 0.3 is 0 Å². The first-order valence-corrected chi connectivity index (χ1v) is 7.79. The van der Waals surface area contributed by atoms with Crippen LogP contribution in [0.3, 0.4) is 0 Å². The predicted octanol–water partition coefficient (Wildman–Crippen LogP) is 2.09. The van der Waals surface area contributed by atoms with Gasteiger partial charge in [-0.3, -0.25) is 0 Å². The molecule has 6 atom stereocenters. The topological polar surface area (TPSA) is 29.3 Å². The van der Waals surface area contributed by atoms with Crippen LogP contribution in [-0.4, -0.2) is 30.6 Å². The highest BCUT2D eigenvalue weighted by Gasteiger charge is 2.47. The molecule has 1 aliphatic heterocycles. The van der Waals surface area contributed by atoms with Crippen molar-refractivity contribution in [1.82, 2.24) is 4.90 Å². The fourth-order valence-corrected chi connectivity index (χ4v) is 5.51. The Morgan fingerprint density at radius 3 is 2.24 bits per heavy atom. The molecule has 2 N–H and O–H groups in total. The van der Waals surface area contributed by atoms with E-state index < -0.39 is 0 Å². The minimum Gasteiger partial charge on any atom is -0.327 e. The Morgan fingerprint density at radius 1 is 0.882 bits per heavy atom. The molecule has 3 aliphatic carbocycles. The molecule has 4 rings (SSSR count). The van der Waals surface area contributed by atoms with Crippen LogP contribution in [0.25, 0.3) is 0 Å². The van der Waals surface area contributed by atoms with E-state index >= 15 is 0 Å². The van der Waals surface area contributed by atoms with E-state index in [0.29, 0.717) is 6.04 Å². The first kappa shape index (κ1) is 10.8. The summed E-state index contributed by atoms with van der Waals surface area (Å²) >= 11 is 0. The van der Waals surface area contributed by atoms with Gasteiger partial charge in [0.25, 0.3) is 0 Å². The van der Waals surface area contributed by atoms with Crippen LogP contribution in [0.4, 0.5) is 0 Å². The Kier molecular flexibility index (Phi) is 2.52.